The van der Waals surface area contributed by atoms with Gasteiger partial charge in [-0.25, -0.2) is 0 Å². The van der Waals surface area contributed by atoms with Crippen molar-refractivity contribution in [1.82, 2.24) is 4.57 Å². The third kappa shape index (κ3) is 3.68. The molecule has 0 fully saturated rings. The quantitative estimate of drug-likeness (QED) is 0.480. The summed E-state index contributed by atoms with van der Waals surface area (Å²) in [6, 6.07) is 23.7. The number of hydrogen-bond donors (Lipinski definition) is 1. The van der Waals surface area contributed by atoms with Gasteiger partial charge < -0.3 is 9.88 Å². The van der Waals surface area contributed by atoms with Crippen molar-refractivity contribution in [2.75, 3.05) is 5.32 Å². The number of carbonyl (C=O) groups excluding carboxylic acids is 2. The number of aromatic nitrogens is 1. The van der Waals surface area contributed by atoms with E-state index in [9.17, 15) is 9.59 Å². The van der Waals surface area contributed by atoms with Gasteiger partial charge in [0.05, 0.1) is 0 Å². The van der Waals surface area contributed by atoms with Crippen molar-refractivity contribution in [3.63, 3.8) is 0 Å². The predicted octanol–water partition coefficient (Wildman–Crippen LogP) is 5.16. The lowest BCUT2D eigenvalue weighted by Crippen LogP contribution is -2.18. The van der Waals surface area contributed by atoms with Crippen molar-refractivity contribution in [2.45, 2.75) is 6.54 Å². The highest BCUT2D eigenvalue weighted by Crippen LogP contribution is 2.24. The van der Waals surface area contributed by atoms with Crippen LogP contribution in [0.25, 0.3) is 10.9 Å². The molecule has 4 aromatic rings. The first-order valence-electron chi connectivity index (χ1n) is 8.85. The lowest BCUT2D eigenvalue weighted by atomic mass is 10.0. The molecule has 5 heteroatoms. The Balaban J connectivity index is 1.63. The zero-order chi connectivity index (χ0) is 19.5. The standard InChI is InChI=1S/C23H17ClN2O2/c24-17-10-12-18(13-11-17)25-22(27)15-26-14-20(19-8-4-5-9-21(19)26)23(28)16-6-2-1-3-7-16/h1-14H,15H2,(H,25,27). The number of hydrogen-bond acceptors (Lipinski definition) is 2. The highest BCUT2D eigenvalue weighted by atomic mass is 35.5. The van der Waals surface area contributed by atoms with Gasteiger partial charge in [0.15, 0.2) is 5.78 Å². The minimum Gasteiger partial charge on any atom is -0.337 e. The third-order valence-electron chi connectivity index (χ3n) is 4.51. The zero-order valence-corrected chi connectivity index (χ0v) is 15.7. The number of halogens is 1. The van der Waals surface area contributed by atoms with Gasteiger partial charge in [-0.15, -0.1) is 0 Å². The molecule has 1 amide bonds. The number of para-hydroxylation sites is 1. The van der Waals surface area contributed by atoms with E-state index < -0.39 is 0 Å². The summed E-state index contributed by atoms with van der Waals surface area (Å²) in [6.45, 7) is 0.102. The summed E-state index contributed by atoms with van der Waals surface area (Å²) < 4.78 is 1.80. The minimum absolute atomic E-state index is 0.0614. The Kier molecular flexibility index (Phi) is 4.96. The molecule has 0 aliphatic carbocycles. The van der Waals surface area contributed by atoms with Crippen LogP contribution in [0, 0.1) is 0 Å². The summed E-state index contributed by atoms with van der Waals surface area (Å²) in [7, 11) is 0. The van der Waals surface area contributed by atoms with Crippen LogP contribution < -0.4 is 5.32 Å². The molecule has 0 spiro atoms. The number of benzene rings is 3. The molecule has 4 nitrogen and oxygen atoms in total. The number of rotatable bonds is 5. The van der Waals surface area contributed by atoms with E-state index in [1.165, 1.54) is 0 Å². The van der Waals surface area contributed by atoms with Crippen LogP contribution in [0.2, 0.25) is 5.02 Å². The molecule has 138 valence electrons. The monoisotopic (exact) mass is 388 g/mol. The largest absolute Gasteiger partial charge is 0.337 e. The van der Waals surface area contributed by atoms with Crippen molar-refractivity contribution in [3.8, 4) is 0 Å². The average molecular weight is 389 g/mol. The number of nitrogens with one attached hydrogen (secondary N) is 1. The molecule has 1 N–H and O–H groups in total. The van der Waals surface area contributed by atoms with Gasteiger partial charge in [0.1, 0.15) is 6.54 Å². The van der Waals surface area contributed by atoms with Crippen LogP contribution in [-0.4, -0.2) is 16.3 Å². The number of amides is 1. The van der Waals surface area contributed by atoms with Crippen LogP contribution in [0.15, 0.2) is 85.1 Å². The second kappa shape index (κ2) is 7.71. The van der Waals surface area contributed by atoms with E-state index in [4.69, 9.17) is 11.6 Å². The first-order valence-corrected chi connectivity index (χ1v) is 9.22. The average Bonchev–Trinajstić information content (AvgIpc) is 3.08. The predicted molar refractivity (Wildman–Crippen MR) is 112 cm³/mol. The van der Waals surface area contributed by atoms with Crippen molar-refractivity contribution in [1.29, 1.82) is 0 Å². The second-order valence-electron chi connectivity index (χ2n) is 6.44. The van der Waals surface area contributed by atoms with Gasteiger partial charge in [0.25, 0.3) is 0 Å². The third-order valence-corrected chi connectivity index (χ3v) is 4.76. The number of ketones is 1. The zero-order valence-electron chi connectivity index (χ0n) is 14.9. The maximum absolute atomic E-state index is 13.0. The van der Waals surface area contributed by atoms with E-state index in [1.807, 2.05) is 42.5 Å². The van der Waals surface area contributed by atoms with Crippen molar-refractivity contribution in [3.05, 3.63) is 101 Å². The fourth-order valence-electron chi connectivity index (χ4n) is 3.19. The molecule has 0 unspecified atom stereocenters. The molecule has 0 saturated carbocycles. The first kappa shape index (κ1) is 18.0. The Morgan fingerprint density at radius 2 is 1.54 bits per heavy atom. The lowest BCUT2D eigenvalue weighted by Gasteiger charge is -2.07. The molecular formula is C23H17ClN2O2. The van der Waals surface area contributed by atoms with Gasteiger partial charge >= 0.3 is 0 Å². The van der Waals surface area contributed by atoms with Gasteiger partial charge in [-0.1, -0.05) is 60.1 Å². The van der Waals surface area contributed by atoms with Crippen LogP contribution in [0.5, 0.6) is 0 Å². The van der Waals surface area contributed by atoms with E-state index >= 15 is 0 Å². The van der Waals surface area contributed by atoms with E-state index in [0.717, 1.165) is 10.9 Å². The van der Waals surface area contributed by atoms with Gasteiger partial charge in [-0.2, -0.15) is 0 Å². The molecule has 0 atom stereocenters. The Morgan fingerprint density at radius 1 is 0.857 bits per heavy atom. The summed E-state index contributed by atoms with van der Waals surface area (Å²) in [4.78, 5) is 25.5. The number of nitrogens with zero attached hydrogens (tertiary/aromatic N) is 1. The van der Waals surface area contributed by atoms with Gasteiger partial charge in [-0.3, -0.25) is 9.59 Å². The molecule has 28 heavy (non-hydrogen) atoms. The van der Waals surface area contributed by atoms with Crippen LogP contribution in [0.1, 0.15) is 15.9 Å². The minimum atomic E-state index is -0.179. The number of anilines is 1. The fraction of sp³-hybridized carbons (Fsp3) is 0.0435. The summed E-state index contributed by atoms with van der Waals surface area (Å²) in [5.74, 6) is -0.240. The SMILES string of the molecule is O=C(Cn1cc(C(=O)c2ccccc2)c2ccccc21)Nc1ccc(Cl)cc1. The summed E-state index contributed by atoms with van der Waals surface area (Å²) in [6.07, 6.45) is 1.75. The Morgan fingerprint density at radius 3 is 2.29 bits per heavy atom. The van der Waals surface area contributed by atoms with Gasteiger partial charge in [0.2, 0.25) is 5.91 Å². The van der Waals surface area contributed by atoms with E-state index in [2.05, 4.69) is 5.32 Å². The van der Waals surface area contributed by atoms with E-state index in [0.29, 0.717) is 21.8 Å². The number of fused-ring (bicyclic) bond motifs is 1. The van der Waals surface area contributed by atoms with Crippen molar-refractivity contribution < 1.29 is 9.59 Å². The maximum Gasteiger partial charge on any atom is 0.244 e. The molecule has 0 saturated heterocycles. The Hall–Kier alpha value is -3.37. The summed E-state index contributed by atoms with van der Waals surface area (Å²) >= 11 is 5.88. The normalized spacial score (nSPS) is 10.8. The highest BCUT2D eigenvalue weighted by Gasteiger charge is 2.17. The molecule has 0 aliphatic heterocycles. The molecule has 0 bridgehead atoms. The van der Waals surface area contributed by atoms with Gasteiger partial charge in [0, 0.05) is 38.9 Å². The van der Waals surface area contributed by atoms with Crippen molar-refractivity contribution in [2.24, 2.45) is 0 Å². The molecule has 3 aromatic carbocycles. The van der Waals surface area contributed by atoms with Crippen LogP contribution in [0.4, 0.5) is 5.69 Å². The molecular weight excluding hydrogens is 372 g/mol. The van der Waals surface area contributed by atoms with Crippen LogP contribution in [-0.2, 0) is 11.3 Å². The molecule has 1 aromatic heterocycles. The summed E-state index contributed by atoms with van der Waals surface area (Å²) in [5.41, 5.74) is 2.72. The summed E-state index contributed by atoms with van der Waals surface area (Å²) in [5, 5.41) is 4.29. The lowest BCUT2D eigenvalue weighted by molar-refractivity contribution is -0.116. The molecule has 0 aliphatic rings. The molecule has 4 rings (SSSR count). The van der Waals surface area contributed by atoms with E-state index in [1.54, 1.807) is 47.2 Å². The number of carbonyl (C=O) groups is 2. The highest BCUT2D eigenvalue weighted by molar-refractivity contribution is 6.30. The molecule has 0 radical (unpaired) electrons. The topological polar surface area (TPSA) is 51.1 Å². The van der Waals surface area contributed by atoms with Crippen LogP contribution in [0.3, 0.4) is 0 Å². The van der Waals surface area contributed by atoms with E-state index in [-0.39, 0.29) is 18.2 Å². The van der Waals surface area contributed by atoms with Crippen molar-refractivity contribution >= 4 is 39.9 Å². The second-order valence-corrected chi connectivity index (χ2v) is 6.87. The van der Waals surface area contributed by atoms with Gasteiger partial charge in [-0.05, 0) is 30.3 Å². The first-order chi connectivity index (χ1) is 13.6. The Labute approximate surface area is 167 Å². The smallest absolute Gasteiger partial charge is 0.244 e. The maximum atomic E-state index is 13.0. The fourth-order valence-corrected chi connectivity index (χ4v) is 3.32. The Bertz CT molecular complexity index is 1150. The molecule has 1 heterocycles. The van der Waals surface area contributed by atoms with Crippen LogP contribution >= 0.6 is 11.6 Å².